The largest absolute Gasteiger partial charge is 0.444 e. The zero-order valence-corrected chi connectivity index (χ0v) is 15.7. The summed E-state index contributed by atoms with van der Waals surface area (Å²) in [6, 6.07) is 0. The zero-order chi connectivity index (χ0) is 18.3. The molecule has 2 atom stereocenters. The lowest BCUT2D eigenvalue weighted by Crippen LogP contribution is -2.56. The fourth-order valence-corrected chi connectivity index (χ4v) is 5.69. The van der Waals surface area contributed by atoms with Crippen LogP contribution in [0.15, 0.2) is 0 Å². The third kappa shape index (κ3) is 4.66. The maximum atomic E-state index is 12.4. The Kier molecular flexibility index (Phi) is 4.77. The molecule has 2 amide bonds. The van der Waals surface area contributed by atoms with Gasteiger partial charge in [-0.15, -0.1) is 0 Å². The number of rotatable bonds is 5. The Labute approximate surface area is 150 Å². The van der Waals surface area contributed by atoms with Crippen molar-refractivity contribution in [2.45, 2.75) is 76.9 Å². The highest BCUT2D eigenvalue weighted by Crippen LogP contribution is 2.62. The molecule has 0 aromatic carbocycles. The van der Waals surface area contributed by atoms with Gasteiger partial charge in [0.2, 0.25) is 5.91 Å². The van der Waals surface area contributed by atoms with E-state index in [1.807, 2.05) is 20.8 Å². The van der Waals surface area contributed by atoms with Gasteiger partial charge in [-0.3, -0.25) is 4.79 Å². The number of alkyl carbamates (subject to hydrolysis) is 1. The summed E-state index contributed by atoms with van der Waals surface area (Å²) in [4.78, 5) is 23.9. The van der Waals surface area contributed by atoms with Crippen LogP contribution in [0.3, 0.4) is 0 Å². The number of nitrogens with one attached hydrogen (secondary N) is 2. The summed E-state index contributed by atoms with van der Waals surface area (Å²) in [5, 5.41) is 16.3. The Bertz CT molecular complexity index is 526. The van der Waals surface area contributed by atoms with E-state index in [-0.39, 0.29) is 11.3 Å². The lowest BCUT2D eigenvalue weighted by molar-refractivity contribution is -0.169. The van der Waals surface area contributed by atoms with E-state index in [1.165, 1.54) is 6.42 Å². The lowest BCUT2D eigenvalue weighted by Gasteiger charge is -2.60. The maximum Gasteiger partial charge on any atom is 0.407 e. The van der Waals surface area contributed by atoms with Gasteiger partial charge in [0, 0.05) is 19.5 Å². The molecular weight excluding hydrogens is 320 g/mol. The molecule has 4 bridgehead atoms. The average molecular weight is 352 g/mol. The first-order chi connectivity index (χ1) is 11.6. The van der Waals surface area contributed by atoms with Crippen molar-refractivity contribution in [2.24, 2.45) is 17.3 Å². The monoisotopic (exact) mass is 352 g/mol. The molecule has 142 valence electrons. The van der Waals surface area contributed by atoms with Crippen molar-refractivity contribution in [1.29, 1.82) is 0 Å². The van der Waals surface area contributed by atoms with Crippen molar-refractivity contribution in [2.75, 3.05) is 13.1 Å². The fourth-order valence-electron chi connectivity index (χ4n) is 5.69. The van der Waals surface area contributed by atoms with E-state index in [0.29, 0.717) is 31.3 Å². The minimum Gasteiger partial charge on any atom is -0.444 e. The van der Waals surface area contributed by atoms with Gasteiger partial charge in [0.25, 0.3) is 0 Å². The van der Waals surface area contributed by atoms with Gasteiger partial charge in [-0.05, 0) is 76.5 Å². The van der Waals surface area contributed by atoms with E-state index in [4.69, 9.17) is 4.74 Å². The van der Waals surface area contributed by atoms with Crippen molar-refractivity contribution in [3.8, 4) is 0 Å². The summed E-state index contributed by atoms with van der Waals surface area (Å²) in [5.74, 6) is 1.21. The minimum absolute atomic E-state index is 0.0124. The van der Waals surface area contributed by atoms with E-state index in [0.717, 1.165) is 32.1 Å². The first-order valence-electron chi connectivity index (χ1n) is 9.53. The fraction of sp³-hybridized carbons (Fsp3) is 0.895. The third-order valence-corrected chi connectivity index (χ3v) is 5.80. The molecule has 0 radical (unpaired) electrons. The third-order valence-electron chi connectivity index (χ3n) is 5.80. The van der Waals surface area contributed by atoms with Crippen LogP contribution in [-0.2, 0) is 9.53 Å². The predicted octanol–water partition coefficient (Wildman–Crippen LogP) is 2.35. The lowest BCUT2D eigenvalue weighted by atomic mass is 9.47. The highest BCUT2D eigenvalue weighted by Gasteiger charge is 2.57. The molecule has 0 saturated heterocycles. The molecule has 4 saturated carbocycles. The normalized spacial score (nSPS) is 36.2. The standard InChI is InChI=1S/C19H32N2O4/c1-17(2,3)25-16(23)21-5-4-20-15(22)11-18-7-13-6-14(8-18)10-19(24,9-13)12-18/h13-14,24H,4-12H2,1-3H3,(H,20,22)(H,21,23)/t13-,14-,18?,19?/m1/s1. The van der Waals surface area contributed by atoms with E-state index in [9.17, 15) is 14.7 Å². The maximum absolute atomic E-state index is 12.4. The Balaban J connectivity index is 1.41. The molecule has 4 aliphatic carbocycles. The van der Waals surface area contributed by atoms with E-state index in [2.05, 4.69) is 10.6 Å². The van der Waals surface area contributed by atoms with Gasteiger partial charge in [-0.1, -0.05) is 0 Å². The second-order valence-electron chi connectivity index (χ2n) is 9.64. The van der Waals surface area contributed by atoms with Gasteiger partial charge >= 0.3 is 6.09 Å². The number of amides is 2. The van der Waals surface area contributed by atoms with Crippen molar-refractivity contribution >= 4 is 12.0 Å². The molecule has 3 N–H and O–H groups in total. The molecule has 0 aromatic heterocycles. The highest BCUT2D eigenvalue weighted by atomic mass is 16.6. The SMILES string of the molecule is CC(C)(C)OC(=O)NCCNC(=O)CC12C[C@H]3C[C@@H](CC(O)(C3)C1)C2. The summed E-state index contributed by atoms with van der Waals surface area (Å²) in [5.41, 5.74) is -1.06. The van der Waals surface area contributed by atoms with Crippen LogP contribution in [0.25, 0.3) is 0 Å². The topological polar surface area (TPSA) is 87.7 Å². The highest BCUT2D eigenvalue weighted by molar-refractivity contribution is 5.77. The summed E-state index contributed by atoms with van der Waals surface area (Å²) < 4.78 is 5.16. The number of hydrogen-bond acceptors (Lipinski definition) is 4. The summed E-state index contributed by atoms with van der Waals surface area (Å²) in [7, 11) is 0. The smallest absolute Gasteiger partial charge is 0.407 e. The molecule has 0 unspecified atom stereocenters. The van der Waals surface area contributed by atoms with Gasteiger partial charge in [-0.25, -0.2) is 4.79 Å². The van der Waals surface area contributed by atoms with Crippen LogP contribution >= 0.6 is 0 Å². The molecule has 0 aliphatic heterocycles. The van der Waals surface area contributed by atoms with Crippen LogP contribution in [-0.4, -0.2) is 41.4 Å². The number of carbonyl (C=O) groups excluding carboxylic acids is 2. The summed E-state index contributed by atoms with van der Waals surface area (Å²) in [6.45, 7) is 6.18. The number of aliphatic hydroxyl groups is 1. The Morgan fingerprint density at radius 3 is 2.24 bits per heavy atom. The molecule has 0 heterocycles. The van der Waals surface area contributed by atoms with Crippen LogP contribution in [0.4, 0.5) is 4.79 Å². The Morgan fingerprint density at radius 2 is 1.68 bits per heavy atom. The van der Waals surface area contributed by atoms with Crippen molar-refractivity contribution in [1.82, 2.24) is 10.6 Å². The second kappa shape index (κ2) is 6.45. The van der Waals surface area contributed by atoms with Gasteiger partial charge in [0.15, 0.2) is 0 Å². The quantitative estimate of drug-likeness (QED) is 0.663. The van der Waals surface area contributed by atoms with Crippen LogP contribution < -0.4 is 10.6 Å². The zero-order valence-electron chi connectivity index (χ0n) is 15.7. The van der Waals surface area contributed by atoms with E-state index in [1.54, 1.807) is 0 Å². The first-order valence-corrected chi connectivity index (χ1v) is 9.53. The number of hydrogen-bond donors (Lipinski definition) is 3. The van der Waals surface area contributed by atoms with Crippen LogP contribution in [0, 0.1) is 17.3 Å². The van der Waals surface area contributed by atoms with Gasteiger partial charge in [-0.2, -0.15) is 0 Å². The molecule has 0 spiro atoms. The molecule has 4 aliphatic rings. The minimum atomic E-state index is -0.525. The van der Waals surface area contributed by atoms with Gasteiger partial charge in [0.1, 0.15) is 5.60 Å². The molecule has 6 nitrogen and oxygen atoms in total. The molecule has 6 heteroatoms. The second-order valence-corrected chi connectivity index (χ2v) is 9.64. The molecule has 25 heavy (non-hydrogen) atoms. The molecule has 4 fully saturated rings. The Hall–Kier alpha value is -1.30. The number of ether oxygens (including phenoxy) is 1. The van der Waals surface area contributed by atoms with E-state index < -0.39 is 17.3 Å². The van der Waals surface area contributed by atoms with Crippen LogP contribution in [0.1, 0.15) is 65.7 Å². The number of carbonyl (C=O) groups is 2. The Morgan fingerprint density at radius 1 is 1.08 bits per heavy atom. The van der Waals surface area contributed by atoms with E-state index >= 15 is 0 Å². The van der Waals surface area contributed by atoms with Gasteiger partial charge in [0.05, 0.1) is 5.60 Å². The summed E-state index contributed by atoms with van der Waals surface area (Å²) >= 11 is 0. The first kappa shape index (κ1) is 18.5. The molecule has 0 aromatic rings. The van der Waals surface area contributed by atoms with Crippen LogP contribution in [0.5, 0.6) is 0 Å². The molecular formula is C19H32N2O4. The van der Waals surface area contributed by atoms with Gasteiger partial charge < -0.3 is 20.5 Å². The summed E-state index contributed by atoms with van der Waals surface area (Å²) in [6.07, 6.45) is 6.03. The van der Waals surface area contributed by atoms with Crippen molar-refractivity contribution < 1.29 is 19.4 Å². The van der Waals surface area contributed by atoms with Crippen molar-refractivity contribution in [3.63, 3.8) is 0 Å². The van der Waals surface area contributed by atoms with Crippen molar-refractivity contribution in [3.05, 3.63) is 0 Å². The van der Waals surface area contributed by atoms with Crippen LogP contribution in [0.2, 0.25) is 0 Å². The average Bonchev–Trinajstić information content (AvgIpc) is 2.38. The molecule has 4 rings (SSSR count). The predicted molar refractivity (Wildman–Crippen MR) is 93.9 cm³/mol.